The molecule has 1 aliphatic rings. The fourth-order valence-corrected chi connectivity index (χ4v) is 3.55. The van der Waals surface area contributed by atoms with Crippen LogP contribution in [0.1, 0.15) is 24.1 Å². The van der Waals surface area contributed by atoms with Gasteiger partial charge in [0.1, 0.15) is 0 Å². The first-order valence-electron chi connectivity index (χ1n) is 6.37. The lowest BCUT2D eigenvalue weighted by atomic mass is 10.2. The summed E-state index contributed by atoms with van der Waals surface area (Å²) in [7, 11) is 1.94. The van der Waals surface area contributed by atoms with Crippen molar-refractivity contribution in [3.63, 3.8) is 0 Å². The van der Waals surface area contributed by atoms with Crippen LogP contribution in [0.4, 0.5) is 0 Å². The lowest BCUT2D eigenvalue weighted by molar-refractivity contribution is -0.131. The molecule has 0 saturated carbocycles. The highest BCUT2D eigenvalue weighted by atomic mass is 35.5. The lowest BCUT2D eigenvalue weighted by Gasteiger charge is -2.24. The molecule has 1 aromatic rings. The van der Waals surface area contributed by atoms with E-state index in [4.69, 9.17) is 11.6 Å². The number of halogens is 1. The van der Waals surface area contributed by atoms with Gasteiger partial charge in [0, 0.05) is 35.8 Å². The normalized spacial score (nSPS) is 19.4. The van der Waals surface area contributed by atoms with Gasteiger partial charge in [-0.1, -0.05) is 11.6 Å². The van der Waals surface area contributed by atoms with Crippen LogP contribution in [-0.2, 0) is 11.2 Å². The second kappa shape index (κ2) is 6.55. The highest BCUT2D eigenvalue weighted by Gasteiger charge is 2.27. The summed E-state index contributed by atoms with van der Waals surface area (Å²) in [6.07, 6.45) is 3.65. The number of likely N-dealkylation sites (N-methyl/N-ethyl adjacent to an activating group) is 1. The monoisotopic (exact) mass is 286 g/mol. The molecule has 0 aliphatic carbocycles. The highest BCUT2D eigenvalue weighted by Crippen LogP contribution is 2.22. The van der Waals surface area contributed by atoms with Crippen LogP contribution < -0.4 is 5.32 Å². The van der Waals surface area contributed by atoms with Crippen LogP contribution in [-0.4, -0.2) is 37.0 Å². The number of nitrogens with one attached hydrogen (secondary N) is 1. The van der Waals surface area contributed by atoms with Crippen molar-refractivity contribution in [2.45, 2.75) is 31.7 Å². The average molecular weight is 287 g/mol. The highest BCUT2D eigenvalue weighted by molar-refractivity contribution is 7.10. The summed E-state index contributed by atoms with van der Waals surface area (Å²) in [6.45, 7) is 1.81. The Morgan fingerprint density at radius 2 is 2.50 bits per heavy atom. The van der Waals surface area contributed by atoms with Gasteiger partial charge in [0.2, 0.25) is 5.91 Å². The SMILES string of the molecule is CNCC1CCCN1C(=O)CCc1cc(Cl)cs1. The van der Waals surface area contributed by atoms with Gasteiger partial charge in [0.25, 0.3) is 0 Å². The largest absolute Gasteiger partial charge is 0.338 e. The Labute approximate surface area is 117 Å². The van der Waals surface area contributed by atoms with Gasteiger partial charge in [-0.3, -0.25) is 4.79 Å². The van der Waals surface area contributed by atoms with Crippen LogP contribution in [0.25, 0.3) is 0 Å². The number of amides is 1. The molecule has 18 heavy (non-hydrogen) atoms. The molecule has 0 aromatic carbocycles. The van der Waals surface area contributed by atoms with Crippen molar-refractivity contribution in [2.75, 3.05) is 20.1 Å². The van der Waals surface area contributed by atoms with Crippen molar-refractivity contribution in [3.8, 4) is 0 Å². The molecule has 1 aromatic heterocycles. The van der Waals surface area contributed by atoms with Gasteiger partial charge < -0.3 is 10.2 Å². The maximum Gasteiger partial charge on any atom is 0.223 e. The molecule has 1 atom stereocenters. The van der Waals surface area contributed by atoms with Crippen LogP contribution in [0.5, 0.6) is 0 Å². The smallest absolute Gasteiger partial charge is 0.223 e. The maximum atomic E-state index is 12.2. The molecule has 2 rings (SSSR count). The zero-order valence-electron chi connectivity index (χ0n) is 10.6. The maximum absolute atomic E-state index is 12.2. The molecule has 3 nitrogen and oxygen atoms in total. The third kappa shape index (κ3) is 3.46. The standard InChI is InChI=1S/C13H19ClN2OS/c1-15-8-11-3-2-6-16(11)13(17)5-4-12-7-10(14)9-18-12/h7,9,11,15H,2-6,8H2,1H3. The van der Waals surface area contributed by atoms with E-state index in [1.165, 1.54) is 4.88 Å². The zero-order valence-corrected chi connectivity index (χ0v) is 12.2. The average Bonchev–Trinajstić information content (AvgIpc) is 2.96. The third-order valence-corrected chi connectivity index (χ3v) is 4.69. The van der Waals surface area contributed by atoms with Crippen molar-refractivity contribution in [1.29, 1.82) is 0 Å². The van der Waals surface area contributed by atoms with Crippen molar-refractivity contribution in [2.24, 2.45) is 0 Å². The molecule has 0 spiro atoms. The molecule has 100 valence electrons. The number of hydrogen-bond donors (Lipinski definition) is 1. The third-order valence-electron chi connectivity index (χ3n) is 3.34. The van der Waals surface area contributed by atoms with E-state index in [1.54, 1.807) is 11.3 Å². The fourth-order valence-electron chi connectivity index (χ4n) is 2.47. The number of hydrogen-bond acceptors (Lipinski definition) is 3. The van der Waals surface area contributed by atoms with Crippen molar-refractivity contribution in [3.05, 3.63) is 21.3 Å². The predicted octanol–water partition coefficient (Wildman–Crippen LogP) is 2.54. The number of carbonyl (C=O) groups is 1. The number of carbonyl (C=O) groups excluding carboxylic acids is 1. The molecule has 1 N–H and O–H groups in total. The number of nitrogens with zero attached hydrogens (tertiary/aromatic N) is 1. The Balaban J connectivity index is 1.83. The minimum atomic E-state index is 0.275. The molecule has 5 heteroatoms. The summed E-state index contributed by atoms with van der Waals surface area (Å²) >= 11 is 7.50. The fraction of sp³-hybridized carbons (Fsp3) is 0.615. The zero-order chi connectivity index (χ0) is 13.0. The van der Waals surface area contributed by atoms with Gasteiger partial charge in [0.05, 0.1) is 5.02 Å². The van der Waals surface area contributed by atoms with Gasteiger partial charge in [0.15, 0.2) is 0 Å². The van der Waals surface area contributed by atoms with E-state index in [1.807, 2.05) is 23.4 Å². The van der Waals surface area contributed by atoms with Gasteiger partial charge in [-0.05, 0) is 32.4 Å². The number of aryl methyl sites for hydroxylation is 1. The Bertz CT molecular complexity index is 407. The van der Waals surface area contributed by atoms with E-state index in [2.05, 4.69) is 5.32 Å². The summed E-state index contributed by atoms with van der Waals surface area (Å²) < 4.78 is 0. The molecular weight excluding hydrogens is 268 g/mol. The molecular formula is C13H19ClN2OS. The summed E-state index contributed by atoms with van der Waals surface area (Å²) in [5.41, 5.74) is 0. The molecule has 2 heterocycles. The van der Waals surface area contributed by atoms with Crippen molar-refractivity contribution in [1.82, 2.24) is 10.2 Å². The van der Waals surface area contributed by atoms with Crippen LogP contribution in [0.15, 0.2) is 11.4 Å². The van der Waals surface area contributed by atoms with E-state index in [-0.39, 0.29) is 5.91 Å². The van der Waals surface area contributed by atoms with Gasteiger partial charge in [-0.15, -0.1) is 11.3 Å². The predicted molar refractivity (Wildman–Crippen MR) is 76.3 cm³/mol. The first-order chi connectivity index (χ1) is 8.70. The van der Waals surface area contributed by atoms with E-state index in [0.29, 0.717) is 12.5 Å². The lowest BCUT2D eigenvalue weighted by Crippen LogP contribution is -2.40. The van der Waals surface area contributed by atoms with E-state index in [9.17, 15) is 4.79 Å². The van der Waals surface area contributed by atoms with Gasteiger partial charge in [-0.25, -0.2) is 0 Å². The second-order valence-corrected chi connectivity index (χ2v) is 6.10. The molecule has 1 fully saturated rings. The Morgan fingerprint density at radius 3 is 3.17 bits per heavy atom. The number of rotatable bonds is 5. The quantitative estimate of drug-likeness (QED) is 0.902. The van der Waals surface area contributed by atoms with E-state index < -0.39 is 0 Å². The number of thiophene rings is 1. The summed E-state index contributed by atoms with van der Waals surface area (Å²) in [5, 5.41) is 5.85. The minimum Gasteiger partial charge on any atom is -0.338 e. The summed E-state index contributed by atoms with van der Waals surface area (Å²) in [4.78, 5) is 15.4. The van der Waals surface area contributed by atoms with Crippen LogP contribution in [0.2, 0.25) is 5.02 Å². The van der Waals surface area contributed by atoms with Crippen LogP contribution >= 0.6 is 22.9 Å². The Hall–Kier alpha value is -0.580. The summed E-state index contributed by atoms with van der Waals surface area (Å²) in [5.74, 6) is 0.275. The molecule has 1 unspecified atom stereocenters. The topological polar surface area (TPSA) is 32.3 Å². The van der Waals surface area contributed by atoms with Gasteiger partial charge >= 0.3 is 0 Å². The minimum absolute atomic E-state index is 0.275. The summed E-state index contributed by atoms with van der Waals surface area (Å²) in [6, 6.07) is 2.34. The molecule has 1 amide bonds. The van der Waals surface area contributed by atoms with Crippen LogP contribution in [0.3, 0.4) is 0 Å². The Morgan fingerprint density at radius 1 is 1.67 bits per heavy atom. The van der Waals surface area contributed by atoms with Crippen LogP contribution in [0, 0.1) is 0 Å². The molecule has 1 aliphatic heterocycles. The van der Waals surface area contributed by atoms with Crippen molar-refractivity contribution < 1.29 is 4.79 Å². The molecule has 0 radical (unpaired) electrons. The number of likely N-dealkylation sites (tertiary alicyclic amines) is 1. The molecule has 1 saturated heterocycles. The van der Waals surface area contributed by atoms with E-state index >= 15 is 0 Å². The van der Waals surface area contributed by atoms with E-state index in [0.717, 1.165) is 37.4 Å². The van der Waals surface area contributed by atoms with Gasteiger partial charge in [-0.2, -0.15) is 0 Å². The second-order valence-electron chi connectivity index (χ2n) is 4.67. The van der Waals surface area contributed by atoms with Crippen molar-refractivity contribution >= 4 is 28.8 Å². The Kier molecular flexibility index (Phi) is 5.03. The first-order valence-corrected chi connectivity index (χ1v) is 7.63. The first kappa shape index (κ1) is 13.8. The molecule has 0 bridgehead atoms.